The number of nitrogen functional groups attached to an aromatic ring is 1. The highest BCUT2D eigenvalue weighted by molar-refractivity contribution is 14.1. The molecule has 80 valence electrons. The van der Waals surface area contributed by atoms with Crippen molar-refractivity contribution >= 4 is 39.2 Å². The van der Waals surface area contributed by atoms with Crippen molar-refractivity contribution in [3.8, 4) is 0 Å². The molecule has 1 aromatic carbocycles. The van der Waals surface area contributed by atoms with Gasteiger partial charge in [0.1, 0.15) is 0 Å². The summed E-state index contributed by atoms with van der Waals surface area (Å²) in [6, 6.07) is 7.17. The molecule has 2 aromatic rings. The Balaban J connectivity index is 2.63. The molecule has 2 N–H and O–H groups in total. The van der Waals surface area contributed by atoms with Crippen LogP contribution in [0.25, 0.3) is 10.9 Å². The van der Waals surface area contributed by atoms with E-state index >= 15 is 0 Å². The lowest BCUT2D eigenvalue weighted by molar-refractivity contribution is 0.127. The minimum Gasteiger partial charge on any atom is -0.398 e. The fourth-order valence-electron chi connectivity index (χ4n) is 1.60. The van der Waals surface area contributed by atoms with Crippen LogP contribution in [0.15, 0.2) is 24.3 Å². The molecule has 0 atom stereocenters. The first-order chi connectivity index (χ1) is 7.09. The highest BCUT2D eigenvalue weighted by atomic mass is 127. The highest BCUT2D eigenvalue weighted by Crippen LogP contribution is 2.26. The zero-order valence-electron chi connectivity index (χ0n) is 7.75. The second-order valence-electron chi connectivity index (χ2n) is 3.25. The van der Waals surface area contributed by atoms with Crippen LogP contribution in [-0.4, -0.2) is 11.0 Å². The normalized spacial score (nSPS) is 11.5. The van der Waals surface area contributed by atoms with E-state index < -0.39 is 6.43 Å². The van der Waals surface area contributed by atoms with Gasteiger partial charge in [0.05, 0.1) is 15.8 Å². The molecule has 1 heterocycles. The topological polar surface area (TPSA) is 30.9 Å². The summed E-state index contributed by atoms with van der Waals surface area (Å²) >= 11 is 2.04. The summed E-state index contributed by atoms with van der Waals surface area (Å²) in [5.41, 5.74) is 7.15. The molecule has 0 unspecified atom stereocenters. The molecule has 5 heteroatoms. The van der Waals surface area contributed by atoms with E-state index in [0.29, 0.717) is 5.69 Å². The van der Waals surface area contributed by atoms with Crippen LogP contribution in [0.1, 0.15) is 0 Å². The summed E-state index contributed by atoms with van der Waals surface area (Å²) < 4.78 is 27.1. The average molecular weight is 322 g/mol. The summed E-state index contributed by atoms with van der Waals surface area (Å²) in [5, 5.41) is 0.836. The van der Waals surface area contributed by atoms with E-state index in [1.54, 1.807) is 22.8 Å². The molecule has 0 saturated carbocycles. The van der Waals surface area contributed by atoms with Gasteiger partial charge in [-0.1, -0.05) is 6.07 Å². The highest BCUT2D eigenvalue weighted by Gasteiger charge is 2.12. The maximum Gasteiger partial charge on any atom is 0.256 e. The van der Waals surface area contributed by atoms with E-state index in [1.165, 1.54) is 0 Å². The summed E-state index contributed by atoms with van der Waals surface area (Å²) in [5.74, 6) is 0. The van der Waals surface area contributed by atoms with Gasteiger partial charge in [0.2, 0.25) is 0 Å². The third-order valence-electron chi connectivity index (χ3n) is 2.25. The molecule has 0 bridgehead atoms. The first kappa shape index (κ1) is 10.7. The molecule has 0 saturated heterocycles. The van der Waals surface area contributed by atoms with Gasteiger partial charge in [-0.25, -0.2) is 8.78 Å². The maximum absolute atomic E-state index is 12.4. The first-order valence-corrected chi connectivity index (χ1v) is 5.49. The Kier molecular flexibility index (Phi) is 2.81. The Bertz CT molecular complexity index is 493. The summed E-state index contributed by atoms with van der Waals surface area (Å²) in [4.78, 5) is 0. The van der Waals surface area contributed by atoms with E-state index in [9.17, 15) is 8.78 Å². The molecule has 2 nitrogen and oxygen atoms in total. The summed E-state index contributed by atoms with van der Waals surface area (Å²) in [7, 11) is 0. The number of benzene rings is 1. The quantitative estimate of drug-likeness (QED) is 0.668. The van der Waals surface area contributed by atoms with Gasteiger partial charge < -0.3 is 10.3 Å². The second-order valence-corrected chi connectivity index (χ2v) is 4.35. The number of nitrogens with zero attached hydrogens (tertiary/aromatic N) is 1. The molecule has 0 aliphatic carbocycles. The Morgan fingerprint density at radius 1 is 1.40 bits per heavy atom. The van der Waals surface area contributed by atoms with Crippen LogP contribution < -0.4 is 5.73 Å². The van der Waals surface area contributed by atoms with Gasteiger partial charge in [-0.15, -0.1) is 0 Å². The number of aromatic nitrogens is 1. The molecular formula is C10H9F2IN2. The van der Waals surface area contributed by atoms with E-state index in [2.05, 4.69) is 0 Å². The Morgan fingerprint density at radius 2 is 2.13 bits per heavy atom. The predicted molar refractivity (Wildman–Crippen MR) is 65.1 cm³/mol. The van der Waals surface area contributed by atoms with Crippen LogP contribution >= 0.6 is 22.6 Å². The van der Waals surface area contributed by atoms with Gasteiger partial charge >= 0.3 is 0 Å². The number of halogens is 3. The number of anilines is 1. The number of fused-ring (bicyclic) bond motifs is 1. The number of hydrogen-bond donors (Lipinski definition) is 1. The number of rotatable bonds is 2. The largest absolute Gasteiger partial charge is 0.398 e. The number of alkyl halides is 2. The number of nitrogens with two attached hydrogens (primary N) is 1. The predicted octanol–water partition coefficient (Wildman–Crippen LogP) is 3.09. The van der Waals surface area contributed by atoms with Crippen molar-refractivity contribution in [1.29, 1.82) is 0 Å². The fraction of sp³-hybridized carbons (Fsp3) is 0.200. The fourth-order valence-corrected chi connectivity index (χ4v) is 2.37. The van der Waals surface area contributed by atoms with Gasteiger partial charge in [-0.05, 0) is 40.8 Å². The lowest BCUT2D eigenvalue weighted by Gasteiger charge is -2.06. The third kappa shape index (κ3) is 1.92. The Hall–Kier alpha value is -0.850. The van der Waals surface area contributed by atoms with Gasteiger partial charge in [-0.3, -0.25) is 0 Å². The van der Waals surface area contributed by atoms with Crippen LogP contribution in [0.5, 0.6) is 0 Å². The second kappa shape index (κ2) is 3.96. The third-order valence-corrected chi connectivity index (χ3v) is 3.14. The summed E-state index contributed by atoms with van der Waals surface area (Å²) in [6.07, 6.45) is -2.35. The van der Waals surface area contributed by atoms with Crippen molar-refractivity contribution in [3.05, 3.63) is 28.0 Å². The molecule has 0 aliphatic rings. The summed E-state index contributed by atoms with van der Waals surface area (Å²) in [6.45, 7) is -0.286. The molecule has 2 rings (SSSR count). The van der Waals surface area contributed by atoms with Crippen LogP contribution in [0.4, 0.5) is 14.5 Å². The van der Waals surface area contributed by atoms with Crippen LogP contribution in [-0.2, 0) is 6.54 Å². The van der Waals surface area contributed by atoms with Crippen LogP contribution in [0.3, 0.4) is 0 Å². The molecule has 0 amide bonds. The average Bonchev–Trinajstić information content (AvgIpc) is 2.45. The minimum absolute atomic E-state index is 0.286. The van der Waals surface area contributed by atoms with E-state index in [0.717, 1.165) is 14.6 Å². The van der Waals surface area contributed by atoms with E-state index in [4.69, 9.17) is 5.73 Å². The van der Waals surface area contributed by atoms with Gasteiger partial charge in [0.15, 0.2) is 0 Å². The lowest BCUT2D eigenvalue weighted by Crippen LogP contribution is -2.07. The lowest BCUT2D eigenvalue weighted by atomic mass is 10.2. The Morgan fingerprint density at radius 3 is 2.80 bits per heavy atom. The Labute approximate surface area is 99.2 Å². The zero-order chi connectivity index (χ0) is 11.0. The molecule has 0 aliphatic heterocycles. The van der Waals surface area contributed by atoms with Crippen LogP contribution in [0.2, 0.25) is 0 Å². The van der Waals surface area contributed by atoms with Crippen molar-refractivity contribution in [1.82, 2.24) is 4.57 Å². The molecule has 1 aromatic heterocycles. The number of hydrogen-bond acceptors (Lipinski definition) is 1. The zero-order valence-corrected chi connectivity index (χ0v) is 9.91. The molecular weight excluding hydrogens is 313 g/mol. The van der Waals surface area contributed by atoms with Gasteiger partial charge in [-0.2, -0.15) is 0 Å². The van der Waals surface area contributed by atoms with Crippen molar-refractivity contribution in [3.63, 3.8) is 0 Å². The molecule has 15 heavy (non-hydrogen) atoms. The van der Waals surface area contributed by atoms with Crippen molar-refractivity contribution < 1.29 is 8.78 Å². The van der Waals surface area contributed by atoms with Gasteiger partial charge in [0.25, 0.3) is 6.43 Å². The SMILES string of the molecule is Nc1cccc2c1cc(I)n2CC(F)F. The minimum atomic E-state index is -2.35. The van der Waals surface area contributed by atoms with Crippen LogP contribution in [0, 0.1) is 3.70 Å². The molecule has 0 spiro atoms. The monoisotopic (exact) mass is 322 g/mol. The van der Waals surface area contributed by atoms with Crippen molar-refractivity contribution in [2.75, 3.05) is 5.73 Å². The van der Waals surface area contributed by atoms with E-state index in [1.807, 2.05) is 28.7 Å². The maximum atomic E-state index is 12.4. The van der Waals surface area contributed by atoms with Crippen molar-refractivity contribution in [2.45, 2.75) is 13.0 Å². The smallest absolute Gasteiger partial charge is 0.256 e. The van der Waals surface area contributed by atoms with Crippen molar-refractivity contribution in [2.24, 2.45) is 0 Å². The van der Waals surface area contributed by atoms with E-state index in [-0.39, 0.29) is 6.54 Å². The van der Waals surface area contributed by atoms with Gasteiger partial charge in [0, 0.05) is 11.1 Å². The first-order valence-electron chi connectivity index (χ1n) is 4.41. The molecule has 0 radical (unpaired) electrons. The molecule has 0 fully saturated rings. The standard InChI is InChI=1S/C10H9F2IN2/c11-9(12)5-15-8-3-1-2-7(14)6(8)4-10(15)13/h1-4,9H,5,14H2.